The predicted molar refractivity (Wildman–Crippen MR) is 43.3 cm³/mol. The van der Waals surface area contributed by atoms with Gasteiger partial charge in [-0.05, 0) is 0 Å². The number of nitrogens with one attached hydrogen (secondary N) is 1. The van der Waals surface area contributed by atoms with E-state index in [2.05, 4.69) is 0 Å². The summed E-state index contributed by atoms with van der Waals surface area (Å²) in [6.45, 7) is -1.82. The molecule has 0 aromatic carbocycles. The van der Waals surface area contributed by atoms with Crippen molar-refractivity contribution in [2.75, 3.05) is 19.6 Å². The molecule has 74 valence electrons. The molecule has 0 unspecified atom stereocenters. The van der Waals surface area contributed by atoms with Crippen molar-refractivity contribution in [3.8, 4) is 0 Å². The summed E-state index contributed by atoms with van der Waals surface area (Å²) in [5.41, 5.74) is 9.56. The fourth-order valence-corrected chi connectivity index (χ4v) is 0.372. The second kappa shape index (κ2) is 6.10. The predicted octanol–water partition coefficient (Wildman–Crippen LogP) is -0.923. The van der Waals surface area contributed by atoms with Gasteiger partial charge >= 0.3 is 0 Å². The second-order valence-electron chi connectivity index (χ2n) is 2.04. The van der Waals surface area contributed by atoms with Crippen molar-refractivity contribution < 1.29 is 13.6 Å². The summed E-state index contributed by atoms with van der Waals surface area (Å²) in [6.07, 6.45) is 0. The summed E-state index contributed by atoms with van der Waals surface area (Å²) in [4.78, 5) is 10.4. The molecule has 0 spiro atoms. The van der Waals surface area contributed by atoms with E-state index in [1.54, 1.807) is 0 Å². The van der Waals surface area contributed by atoms with E-state index < -0.39 is 24.9 Å². The third-order valence-electron chi connectivity index (χ3n) is 1.03. The molecule has 0 saturated carbocycles. The second-order valence-corrected chi connectivity index (χ2v) is 2.04. The maximum atomic E-state index is 12.3. The van der Waals surface area contributed by atoms with Gasteiger partial charge in [-0.2, -0.15) is 0 Å². The molecule has 0 aliphatic heterocycles. The Bertz CT molecular complexity index is 145. The van der Waals surface area contributed by atoms with Crippen LogP contribution < -0.4 is 16.8 Å². The van der Waals surface area contributed by atoms with Crippen molar-refractivity contribution in [3.63, 3.8) is 0 Å². The van der Waals surface area contributed by atoms with Crippen LogP contribution in [0.15, 0.2) is 0 Å². The molecule has 0 bridgehead atoms. The molecular formula is C5H12ClF2N3O. The fraction of sp³-hybridized carbons (Fsp3) is 0.800. The Morgan fingerprint density at radius 3 is 2.25 bits per heavy atom. The first-order valence-corrected chi connectivity index (χ1v) is 3.06. The molecule has 0 rings (SSSR count). The Morgan fingerprint density at radius 2 is 1.92 bits per heavy atom. The van der Waals surface area contributed by atoms with E-state index in [1.807, 2.05) is 5.32 Å². The van der Waals surface area contributed by atoms with Gasteiger partial charge in [-0.15, -0.1) is 12.4 Å². The minimum absolute atomic E-state index is 0. The van der Waals surface area contributed by atoms with Gasteiger partial charge in [0.2, 0.25) is 5.91 Å². The Balaban J connectivity index is 0. The fourth-order valence-electron chi connectivity index (χ4n) is 0.372. The van der Waals surface area contributed by atoms with E-state index in [0.717, 1.165) is 0 Å². The number of alkyl halides is 2. The summed E-state index contributed by atoms with van der Waals surface area (Å²) >= 11 is 0. The van der Waals surface area contributed by atoms with Gasteiger partial charge in [0.25, 0.3) is 5.92 Å². The van der Waals surface area contributed by atoms with Crippen molar-refractivity contribution in [2.45, 2.75) is 5.92 Å². The molecule has 0 aliphatic rings. The first-order chi connectivity index (χ1) is 5.02. The minimum Gasteiger partial charge on any atom is -0.349 e. The van der Waals surface area contributed by atoms with Crippen LogP contribution in [0.1, 0.15) is 0 Å². The summed E-state index contributed by atoms with van der Waals surface area (Å²) in [7, 11) is 0. The van der Waals surface area contributed by atoms with Crippen molar-refractivity contribution >= 4 is 18.3 Å². The molecule has 5 N–H and O–H groups in total. The number of carbonyl (C=O) groups excluding carboxylic acids is 1. The molecule has 0 atom stereocenters. The molecule has 7 heteroatoms. The number of hydrogen-bond acceptors (Lipinski definition) is 3. The Labute approximate surface area is 75.1 Å². The third-order valence-corrected chi connectivity index (χ3v) is 1.03. The lowest BCUT2D eigenvalue weighted by molar-refractivity contribution is -0.121. The molecule has 12 heavy (non-hydrogen) atoms. The first-order valence-electron chi connectivity index (χ1n) is 3.06. The van der Waals surface area contributed by atoms with E-state index >= 15 is 0 Å². The molecule has 0 fully saturated rings. The molecule has 0 saturated heterocycles. The quantitative estimate of drug-likeness (QED) is 0.553. The molecule has 0 aromatic heterocycles. The molecule has 1 amide bonds. The SMILES string of the molecule is Cl.NCC(=O)NCC(F)(F)CN. The van der Waals surface area contributed by atoms with E-state index in [0.29, 0.717) is 0 Å². The van der Waals surface area contributed by atoms with E-state index in [4.69, 9.17) is 11.5 Å². The average molecular weight is 204 g/mol. The smallest absolute Gasteiger partial charge is 0.277 e. The Morgan fingerprint density at radius 1 is 1.42 bits per heavy atom. The Kier molecular flexibility index (Phi) is 7.16. The molecule has 0 aromatic rings. The van der Waals surface area contributed by atoms with Gasteiger partial charge in [-0.25, -0.2) is 8.78 Å². The van der Waals surface area contributed by atoms with Crippen molar-refractivity contribution in [1.82, 2.24) is 5.32 Å². The number of halogens is 3. The minimum atomic E-state index is -3.04. The lowest BCUT2D eigenvalue weighted by atomic mass is 10.3. The standard InChI is InChI=1S/C5H11F2N3O.ClH/c6-5(7,2-9)3-10-4(11)1-8;/h1-3,8-9H2,(H,10,11);1H. The van der Waals surface area contributed by atoms with Gasteiger partial charge in [0.15, 0.2) is 0 Å². The number of hydrogen-bond donors (Lipinski definition) is 3. The van der Waals surface area contributed by atoms with Crippen LogP contribution in [0.2, 0.25) is 0 Å². The van der Waals surface area contributed by atoms with Gasteiger partial charge in [-0.3, -0.25) is 4.79 Å². The Hall–Kier alpha value is -0.460. The summed E-state index contributed by atoms with van der Waals surface area (Å²) in [5.74, 6) is -3.65. The van der Waals surface area contributed by atoms with Gasteiger partial charge in [0.1, 0.15) is 0 Å². The monoisotopic (exact) mass is 203 g/mol. The largest absolute Gasteiger partial charge is 0.349 e. The molecular weight excluding hydrogens is 192 g/mol. The third kappa shape index (κ3) is 6.26. The van der Waals surface area contributed by atoms with Crippen LogP contribution in [0.25, 0.3) is 0 Å². The highest BCUT2D eigenvalue weighted by molar-refractivity contribution is 5.85. The summed E-state index contributed by atoms with van der Waals surface area (Å²) in [5, 5.41) is 1.93. The van der Waals surface area contributed by atoms with E-state index in [9.17, 15) is 13.6 Å². The highest BCUT2D eigenvalue weighted by Gasteiger charge is 2.26. The summed E-state index contributed by atoms with van der Waals surface area (Å²) < 4.78 is 24.5. The van der Waals surface area contributed by atoms with Crippen LogP contribution >= 0.6 is 12.4 Å². The van der Waals surface area contributed by atoms with Crippen LogP contribution in [0.3, 0.4) is 0 Å². The topological polar surface area (TPSA) is 81.1 Å². The molecule has 0 aliphatic carbocycles. The van der Waals surface area contributed by atoms with Crippen LogP contribution in [0, 0.1) is 0 Å². The zero-order valence-corrected chi connectivity index (χ0v) is 7.16. The normalized spacial score (nSPS) is 10.3. The highest BCUT2D eigenvalue weighted by Crippen LogP contribution is 2.07. The maximum Gasteiger partial charge on any atom is 0.277 e. The average Bonchev–Trinajstić information content (AvgIpc) is 2.00. The van der Waals surface area contributed by atoms with Crippen LogP contribution in [0.4, 0.5) is 8.78 Å². The zero-order chi connectivity index (χ0) is 8.91. The number of amides is 1. The molecule has 0 heterocycles. The van der Waals surface area contributed by atoms with Gasteiger partial charge in [0.05, 0.1) is 19.6 Å². The number of carbonyl (C=O) groups is 1. The van der Waals surface area contributed by atoms with Crippen molar-refractivity contribution in [1.29, 1.82) is 0 Å². The number of rotatable bonds is 4. The van der Waals surface area contributed by atoms with E-state index in [1.165, 1.54) is 0 Å². The lowest BCUT2D eigenvalue weighted by Crippen LogP contribution is -2.43. The zero-order valence-electron chi connectivity index (χ0n) is 6.35. The maximum absolute atomic E-state index is 12.3. The summed E-state index contributed by atoms with van der Waals surface area (Å²) in [6, 6.07) is 0. The molecule has 0 radical (unpaired) electrons. The number of nitrogens with two attached hydrogens (primary N) is 2. The first kappa shape index (κ1) is 14.1. The van der Waals surface area contributed by atoms with Crippen molar-refractivity contribution in [2.24, 2.45) is 11.5 Å². The lowest BCUT2D eigenvalue weighted by Gasteiger charge is -2.13. The molecule has 4 nitrogen and oxygen atoms in total. The highest BCUT2D eigenvalue weighted by atomic mass is 35.5. The van der Waals surface area contributed by atoms with Crippen molar-refractivity contribution in [3.05, 3.63) is 0 Å². The van der Waals surface area contributed by atoms with E-state index in [-0.39, 0.29) is 19.0 Å². The van der Waals surface area contributed by atoms with Crippen LogP contribution in [-0.4, -0.2) is 31.5 Å². The van der Waals surface area contributed by atoms with Gasteiger partial charge in [0, 0.05) is 0 Å². The van der Waals surface area contributed by atoms with Gasteiger partial charge < -0.3 is 16.8 Å². The van der Waals surface area contributed by atoms with Crippen LogP contribution in [0.5, 0.6) is 0 Å². The van der Waals surface area contributed by atoms with Crippen LogP contribution in [-0.2, 0) is 4.79 Å². The van der Waals surface area contributed by atoms with Gasteiger partial charge in [-0.1, -0.05) is 0 Å².